The minimum absolute atomic E-state index is 0.237. The molecule has 0 fully saturated rings. The zero-order chi connectivity index (χ0) is 14.4. The van der Waals surface area contributed by atoms with Crippen LogP contribution in [0.2, 0.25) is 5.02 Å². The Kier molecular flexibility index (Phi) is 2.82. The molecule has 0 unspecified atom stereocenters. The maximum Gasteiger partial charge on any atom is 0.164 e. The van der Waals surface area contributed by atoms with Crippen LogP contribution in [0.3, 0.4) is 0 Å². The molecular formula is C17H13ClN2O. The van der Waals surface area contributed by atoms with Crippen molar-refractivity contribution >= 4 is 28.3 Å². The van der Waals surface area contributed by atoms with Crippen molar-refractivity contribution in [2.24, 2.45) is 0 Å². The standard InChI is InChI=1S/C17H13ClN2O/c18-13-6-7-15(17-11(13)3-2-9-19-17)20-10-8-12-14(20)4-1-5-16(12)21/h2-3,6-10H,1,4-5H2. The summed E-state index contributed by atoms with van der Waals surface area (Å²) in [4.78, 5) is 16.5. The Morgan fingerprint density at radius 2 is 2.05 bits per heavy atom. The topological polar surface area (TPSA) is 34.9 Å². The predicted octanol–water partition coefficient (Wildman–Crippen LogP) is 4.20. The highest BCUT2D eigenvalue weighted by Gasteiger charge is 2.22. The highest BCUT2D eigenvalue weighted by molar-refractivity contribution is 6.35. The summed E-state index contributed by atoms with van der Waals surface area (Å²) in [6.07, 6.45) is 6.21. The summed E-state index contributed by atoms with van der Waals surface area (Å²) in [5.41, 5.74) is 3.77. The Labute approximate surface area is 127 Å². The average molecular weight is 297 g/mol. The molecule has 3 aromatic rings. The first kappa shape index (κ1) is 12.6. The van der Waals surface area contributed by atoms with Crippen molar-refractivity contribution < 1.29 is 4.79 Å². The highest BCUT2D eigenvalue weighted by Crippen LogP contribution is 2.31. The number of pyridine rings is 1. The van der Waals surface area contributed by atoms with E-state index in [0.717, 1.165) is 40.7 Å². The number of hydrogen-bond donors (Lipinski definition) is 0. The normalized spacial score (nSPS) is 14.4. The van der Waals surface area contributed by atoms with Crippen LogP contribution >= 0.6 is 11.6 Å². The highest BCUT2D eigenvalue weighted by atomic mass is 35.5. The van der Waals surface area contributed by atoms with Gasteiger partial charge in [0.1, 0.15) is 0 Å². The van der Waals surface area contributed by atoms with Crippen LogP contribution in [0.1, 0.15) is 28.9 Å². The second-order valence-electron chi connectivity index (χ2n) is 5.29. The van der Waals surface area contributed by atoms with Gasteiger partial charge in [-0.2, -0.15) is 0 Å². The lowest BCUT2D eigenvalue weighted by Gasteiger charge is -2.16. The van der Waals surface area contributed by atoms with E-state index in [1.54, 1.807) is 6.20 Å². The molecule has 0 radical (unpaired) electrons. The quantitative estimate of drug-likeness (QED) is 0.674. The Bertz CT molecular complexity index is 866. The number of aromatic nitrogens is 2. The molecule has 2 aromatic heterocycles. The van der Waals surface area contributed by atoms with Crippen LogP contribution in [-0.2, 0) is 6.42 Å². The van der Waals surface area contributed by atoms with Crippen LogP contribution in [0.5, 0.6) is 0 Å². The van der Waals surface area contributed by atoms with Crippen molar-refractivity contribution in [2.75, 3.05) is 0 Å². The zero-order valence-corrected chi connectivity index (χ0v) is 12.1. The number of rotatable bonds is 1. The van der Waals surface area contributed by atoms with Crippen LogP contribution < -0.4 is 0 Å². The minimum Gasteiger partial charge on any atom is -0.318 e. The molecule has 0 bridgehead atoms. The molecule has 1 aliphatic rings. The van der Waals surface area contributed by atoms with Gasteiger partial charge in [0.25, 0.3) is 0 Å². The number of ketones is 1. The van der Waals surface area contributed by atoms with Gasteiger partial charge in [0.2, 0.25) is 0 Å². The molecule has 2 heterocycles. The fourth-order valence-corrected chi connectivity index (χ4v) is 3.28. The average Bonchev–Trinajstić information content (AvgIpc) is 2.93. The SMILES string of the molecule is O=C1CCCc2c1ccn2-c1ccc(Cl)c2cccnc12. The molecule has 104 valence electrons. The monoisotopic (exact) mass is 296 g/mol. The number of benzene rings is 1. The first-order valence-electron chi connectivity index (χ1n) is 7.03. The van der Waals surface area contributed by atoms with E-state index < -0.39 is 0 Å². The largest absolute Gasteiger partial charge is 0.318 e. The van der Waals surface area contributed by atoms with Gasteiger partial charge in [0.05, 0.1) is 16.2 Å². The van der Waals surface area contributed by atoms with Gasteiger partial charge in [-0.05, 0) is 43.2 Å². The first-order chi connectivity index (χ1) is 10.3. The van der Waals surface area contributed by atoms with Crippen LogP contribution in [0.15, 0.2) is 42.7 Å². The molecule has 0 spiro atoms. The fraction of sp³-hybridized carbons (Fsp3) is 0.176. The summed E-state index contributed by atoms with van der Waals surface area (Å²) >= 11 is 6.25. The Balaban J connectivity index is 2.00. The Hall–Kier alpha value is -2.13. The van der Waals surface area contributed by atoms with Crippen molar-refractivity contribution in [1.29, 1.82) is 0 Å². The molecule has 0 aliphatic heterocycles. The molecule has 0 saturated heterocycles. The van der Waals surface area contributed by atoms with Gasteiger partial charge in [-0.3, -0.25) is 9.78 Å². The Morgan fingerprint density at radius 3 is 2.95 bits per heavy atom. The van der Waals surface area contributed by atoms with Crippen molar-refractivity contribution in [1.82, 2.24) is 9.55 Å². The van der Waals surface area contributed by atoms with E-state index in [0.29, 0.717) is 11.4 Å². The van der Waals surface area contributed by atoms with Gasteiger partial charge in [-0.25, -0.2) is 0 Å². The number of carbonyl (C=O) groups excluding carboxylic acids is 1. The molecular weight excluding hydrogens is 284 g/mol. The third-order valence-corrected chi connectivity index (χ3v) is 4.39. The molecule has 0 N–H and O–H groups in total. The van der Waals surface area contributed by atoms with Crippen LogP contribution in [-0.4, -0.2) is 15.3 Å². The molecule has 1 aromatic carbocycles. The van der Waals surface area contributed by atoms with Gasteiger partial charge >= 0.3 is 0 Å². The summed E-state index contributed by atoms with van der Waals surface area (Å²) < 4.78 is 2.08. The lowest BCUT2D eigenvalue weighted by Crippen LogP contribution is -2.12. The summed E-state index contributed by atoms with van der Waals surface area (Å²) in [6, 6.07) is 9.62. The van der Waals surface area contributed by atoms with E-state index in [9.17, 15) is 4.79 Å². The number of nitrogens with zero attached hydrogens (tertiary/aromatic N) is 2. The van der Waals surface area contributed by atoms with E-state index in [4.69, 9.17) is 11.6 Å². The number of fused-ring (bicyclic) bond motifs is 2. The molecule has 0 amide bonds. The van der Waals surface area contributed by atoms with E-state index in [-0.39, 0.29) is 5.78 Å². The van der Waals surface area contributed by atoms with Crippen molar-refractivity contribution in [3.05, 3.63) is 59.0 Å². The third kappa shape index (κ3) is 1.88. The molecule has 0 saturated carbocycles. The number of hydrogen-bond acceptors (Lipinski definition) is 2. The van der Waals surface area contributed by atoms with Crippen molar-refractivity contribution in [3.63, 3.8) is 0 Å². The van der Waals surface area contributed by atoms with Crippen molar-refractivity contribution in [3.8, 4) is 5.69 Å². The number of carbonyl (C=O) groups is 1. The molecule has 0 atom stereocenters. The maximum atomic E-state index is 12.0. The zero-order valence-electron chi connectivity index (χ0n) is 11.3. The van der Waals surface area contributed by atoms with E-state index in [1.165, 1.54) is 0 Å². The second-order valence-corrected chi connectivity index (χ2v) is 5.70. The smallest absolute Gasteiger partial charge is 0.164 e. The summed E-state index contributed by atoms with van der Waals surface area (Å²) in [5.74, 6) is 0.237. The summed E-state index contributed by atoms with van der Waals surface area (Å²) in [5, 5.41) is 1.63. The van der Waals surface area contributed by atoms with Gasteiger partial charge in [-0.15, -0.1) is 0 Å². The van der Waals surface area contributed by atoms with E-state index in [1.807, 2.05) is 36.5 Å². The minimum atomic E-state index is 0.237. The van der Waals surface area contributed by atoms with Crippen LogP contribution in [0, 0.1) is 0 Å². The fourth-order valence-electron chi connectivity index (χ4n) is 3.07. The molecule has 3 nitrogen and oxygen atoms in total. The molecule has 4 rings (SSSR count). The van der Waals surface area contributed by atoms with Gasteiger partial charge in [0.15, 0.2) is 5.78 Å². The predicted molar refractivity (Wildman–Crippen MR) is 83.3 cm³/mol. The summed E-state index contributed by atoms with van der Waals surface area (Å²) in [6.45, 7) is 0. The van der Waals surface area contributed by atoms with Crippen molar-refractivity contribution in [2.45, 2.75) is 19.3 Å². The molecule has 1 aliphatic carbocycles. The lowest BCUT2D eigenvalue weighted by molar-refractivity contribution is 0.0972. The second kappa shape index (κ2) is 4.71. The number of Topliss-reactive ketones (excluding diaryl/α,β-unsaturated/α-hetero) is 1. The van der Waals surface area contributed by atoms with E-state index in [2.05, 4.69) is 9.55 Å². The van der Waals surface area contributed by atoms with Crippen LogP contribution in [0.4, 0.5) is 0 Å². The summed E-state index contributed by atoms with van der Waals surface area (Å²) in [7, 11) is 0. The third-order valence-electron chi connectivity index (χ3n) is 4.06. The molecule has 4 heteroatoms. The van der Waals surface area contributed by atoms with Gasteiger partial charge < -0.3 is 4.57 Å². The maximum absolute atomic E-state index is 12.0. The molecule has 21 heavy (non-hydrogen) atoms. The van der Waals surface area contributed by atoms with Crippen LogP contribution in [0.25, 0.3) is 16.6 Å². The lowest BCUT2D eigenvalue weighted by atomic mass is 9.96. The Morgan fingerprint density at radius 1 is 1.14 bits per heavy atom. The first-order valence-corrected chi connectivity index (χ1v) is 7.40. The van der Waals surface area contributed by atoms with Gasteiger partial charge in [-0.1, -0.05) is 11.6 Å². The number of halogens is 1. The van der Waals surface area contributed by atoms with Gasteiger partial charge in [0, 0.05) is 35.5 Å². The van der Waals surface area contributed by atoms with E-state index >= 15 is 0 Å².